The molecule has 0 aliphatic carbocycles. The fourth-order valence-corrected chi connectivity index (χ4v) is 2.42. The molecule has 0 aliphatic rings. The molecule has 0 saturated heterocycles. The number of nitrogens with one attached hydrogen (secondary N) is 1. The van der Waals surface area contributed by atoms with E-state index in [4.69, 9.17) is 4.74 Å². The third-order valence-electron chi connectivity index (χ3n) is 3.64. The first-order valence-electron chi connectivity index (χ1n) is 7.11. The van der Waals surface area contributed by atoms with E-state index in [1.807, 2.05) is 12.1 Å². The summed E-state index contributed by atoms with van der Waals surface area (Å²) in [6.45, 7) is 6.47. The second-order valence-corrected chi connectivity index (χ2v) is 5.20. The number of ether oxygens (including phenoxy) is 1. The number of hydrogen-bond acceptors (Lipinski definition) is 2. The zero-order chi connectivity index (χ0) is 14.5. The molecule has 2 aromatic rings. The molecule has 1 atom stereocenters. The summed E-state index contributed by atoms with van der Waals surface area (Å²) >= 11 is 0. The van der Waals surface area contributed by atoms with Gasteiger partial charge >= 0.3 is 0 Å². The van der Waals surface area contributed by atoms with E-state index >= 15 is 0 Å². The molecule has 1 unspecified atom stereocenters. The SMILES string of the molecule is CCC(Nc1ccc(C)cc1C)c1ccc(OC)cc1. The van der Waals surface area contributed by atoms with Crippen molar-refractivity contribution < 1.29 is 4.74 Å². The van der Waals surface area contributed by atoms with Crippen LogP contribution >= 0.6 is 0 Å². The largest absolute Gasteiger partial charge is 0.497 e. The van der Waals surface area contributed by atoms with Crippen molar-refractivity contribution in [3.63, 3.8) is 0 Å². The molecule has 2 heteroatoms. The maximum Gasteiger partial charge on any atom is 0.118 e. The van der Waals surface area contributed by atoms with Gasteiger partial charge in [-0.15, -0.1) is 0 Å². The molecule has 20 heavy (non-hydrogen) atoms. The highest BCUT2D eigenvalue weighted by atomic mass is 16.5. The van der Waals surface area contributed by atoms with Crippen molar-refractivity contribution in [2.45, 2.75) is 33.2 Å². The molecule has 0 bridgehead atoms. The van der Waals surface area contributed by atoms with Crippen LogP contribution in [0.2, 0.25) is 0 Å². The van der Waals surface area contributed by atoms with Gasteiger partial charge in [-0.05, 0) is 49.6 Å². The molecule has 0 fully saturated rings. The van der Waals surface area contributed by atoms with E-state index in [1.165, 1.54) is 22.4 Å². The van der Waals surface area contributed by atoms with Gasteiger partial charge in [0.15, 0.2) is 0 Å². The van der Waals surface area contributed by atoms with E-state index in [1.54, 1.807) is 7.11 Å². The Kier molecular flexibility index (Phi) is 4.67. The molecule has 2 nitrogen and oxygen atoms in total. The third-order valence-corrected chi connectivity index (χ3v) is 3.64. The van der Waals surface area contributed by atoms with Crippen LogP contribution < -0.4 is 10.1 Å². The van der Waals surface area contributed by atoms with Crippen molar-refractivity contribution in [2.75, 3.05) is 12.4 Å². The fourth-order valence-electron chi connectivity index (χ4n) is 2.42. The fraction of sp³-hybridized carbons (Fsp3) is 0.333. The van der Waals surface area contributed by atoms with Crippen molar-refractivity contribution in [3.8, 4) is 5.75 Å². The molecule has 0 aliphatic heterocycles. The Morgan fingerprint density at radius 3 is 2.30 bits per heavy atom. The summed E-state index contributed by atoms with van der Waals surface area (Å²) in [7, 11) is 1.69. The minimum absolute atomic E-state index is 0.322. The summed E-state index contributed by atoms with van der Waals surface area (Å²) < 4.78 is 5.21. The lowest BCUT2D eigenvalue weighted by Gasteiger charge is -2.20. The van der Waals surface area contributed by atoms with E-state index in [0.29, 0.717) is 6.04 Å². The number of anilines is 1. The monoisotopic (exact) mass is 269 g/mol. The van der Waals surface area contributed by atoms with Crippen LogP contribution in [0.4, 0.5) is 5.69 Å². The van der Waals surface area contributed by atoms with Crippen LogP contribution in [0.25, 0.3) is 0 Å². The Balaban J connectivity index is 2.19. The van der Waals surface area contributed by atoms with E-state index in [9.17, 15) is 0 Å². The van der Waals surface area contributed by atoms with Crippen LogP contribution in [0.15, 0.2) is 42.5 Å². The van der Waals surface area contributed by atoms with Gasteiger partial charge in [-0.3, -0.25) is 0 Å². The molecule has 1 N–H and O–H groups in total. The Morgan fingerprint density at radius 2 is 1.75 bits per heavy atom. The molecule has 0 saturated carbocycles. The van der Waals surface area contributed by atoms with Gasteiger partial charge in [0, 0.05) is 5.69 Å². The van der Waals surface area contributed by atoms with Crippen LogP contribution in [0.1, 0.15) is 36.1 Å². The van der Waals surface area contributed by atoms with Gasteiger partial charge in [-0.1, -0.05) is 36.8 Å². The average molecular weight is 269 g/mol. The predicted molar refractivity (Wildman–Crippen MR) is 85.6 cm³/mol. The van der Waals surface area contributed by atoms with E-state index < -0.39 is 0 Å². The zero-order valence-electron chi connectivity index (χ0n) is 12.7. The Labute approximate surface area is 121 Å². The smallest absolute Gasteiger partial charge is 0.118 e. The molecule has 0 spiro atoms. The standard InChI is InChI=1S/C18H23NO/c1-5-17(15-7-9-16(20-4)10-8-15)19-18-11-6-13(2)12-14(18)3/h6-12,17,19H,5H2,1-4H3. The predicted octanol–water partition coefficient (Wildman–Crippen LogP) is 4.88. The second kappa shape index (κ2) is 6.47. The number of hydrogen-bond donors (Lipinski definition) is 1. The normalized spacial score (nSPS) is 12.0. The highest BCUT2D eigenvalue weighted by Gasteiger charge is 2.10. The molecule has 106 valence electrons. The van der Waals surface area contributed by atoms with Gasteiger partial charge in [0.2, 0.25) is 0 Å². The molecule has 0 radical (unpaired) electrons. The first-order chi connectivity index (χ1) is 9.63. The van der Waals surface area contributed by atoms with Crippen molar-refractivity contribution >= 4 is 5.69 Å². The molecule has 2 aromatic carbocycles. The molecule has 0 amide bonds. The summed E-state index contributed by atoms with van der Waals surface area (Å²) in [5, 5.41) is 3.64. The highest BCUT2D eigenvalue weighted by molar-refractivity contribution is 5.53. The quantitative estimate of drug-likeness (QED) is 0.835. The minimum atomic E-state index is 0.322. The van der Waals surface area contributed by atoms with Gasteiger partial charge in [0.1, 0.15) is 5.75 Å². The summed E-state index contributed by atoms with van der Waals surface area (Å²) in [5.74, 6) is 0.898. The Morgan fingerprint density at radius 1 is 1.05 bits per heavy atom. The highest BCUT2D eigenvalue weighted by Crippen LogP contribution is 2.26. The van der Waals surface area contributed by atoms with Crippen LogP contribution in [0.5, 0.6) is 5.75 Å². The van der Waals surface area contributed by atoms with Gasteiger partial charge in [0.25, 0.3) is 0 Å². The average Bonchev–Trinajstić information content (AvgIpc) is 2.47. The maximum atomic E-state index is 5.21. The van der Waals surface area contributed by atoms with Gasteiger partial charge in [-0.2, -0.15) is 0 Å². The Hall–Kier alpha value is -1.96. The van der Waals surface area contributed by atoms with E-state index in [0.717, 1.165) is 12.2 Å². The van der Waals surface area contributed by atoms with Crippen LogP contribution in [-0.4, -0.2) is 7.11 Å². The lowest BCUT2D eigenvalue weighted by Crippen LogP contribution is -2.10. The molecule has 0 heterocycles. The third kappa shape index (κ3) is 3.32. The molecular weight excluding hydrogens is 246 g/mol. The van der Waals surface area contributed by atoms with Gasteiger partial charge in [-0.25, -0.2) is 0 Å². The second-order valence-electron chi connectivity index (χ2n) is 5.20. The summed E-state index contributed by atoms with van der Waals surface area (Å²) in [4.78, 5) is 0. The van der Waals surface area contributed by atoms with E-state index in [2.05, 4.69) is 56.4 Å². The summed E-state index contributed by atoms with van der Waals surface area (Å²) in [6, 6.07) is 15.1. The van der Waals surface area contributed by atoms with Gasteiger partial charge < -0.3 is 10.1 Å². The number of benzene rings is 2. The first-order valence-corrected chi connectivity index (χ1v) is 7.11. The Bertz CT molecular complexity index is 560. The summed E-state index contributed by atoms with van der Waals surface area (Å²) in [6.07, 6.45) is 1.04. The van der Waals surface area contributed by atoms with Crippen molar-refractivity contribution in [2.24, 2.45) is 0 Å². The van der Waals surface area contributed by atoms with Crippen molar-refractivity contribution in [1.29, 1.82) is 0 Å². The van der Waals surface area contributed by atoms with E-state index in [-0.39, 0.29) is 0 Å². The molecule has 0 aromatic heterocycles. The minimum Gasteiger partial charge on any atom is -0.497 e. The van der Waals surface area contributed by atoms with Crippen molar-refractivity contribution in [3.05, 3.63) is 59.2 Å². The first kappa shape index (κ1) is 14.4. The van der Waals surface area contributed by atoms with Crippen molar-refractivity contribution in [1.82, 2.24) is 0 Å². The number of rotatable bonds is 5. The van der Waals surface area contributed by atoms with Crippen LogP contribution in [0.3, 0.4) is 0 Å². The summed E-state index contributed by atoms with van der Waals surface area (Å²) in [5.41, 5.74) is 5.08. The van der Waals surface area contributed by atoms with Gasteiger partial charge in [0.05, 0.1) is 13.2 Å². The zero-order valence-corrected chi connectivity index (χ0v) is 12.7. The topological polar surface area (TPSA) is 21.3 Å². The van der Waals surface area contributed by atoms with Crippen LogP contribution in [-0.2, 0) is 0 Å². The van der Waals surface area contributed by atoms with Crippen LogP contribution in [0, 0.1) is 13.8 Å². The maximum absolute atomic E-state index is 5.21. The number of methoxy groups -OCH3 is 1. The molecule has 2 rings (SSSR count). The lowest BCUT2D eigenvalue weighted by molar-refractivity contribution is 0.414. The molecular formula is C18H23NO. The lowest BCUT2D eigenvalue weighted by atomic mass is 10.0. The number of aryl methyl sites for hydroxylation is 2.